The Morgan fingerprint density at radius 3 is 2.59 bits per heavy atom. The molecule has 0 amide bonds. The Morgan fingerprint density at radius 2 is 2.00 bits per heavy atom. The number of ether oxygens (including phenoxy) is 1. The van der Waals surface area contributed by atoms with Crippen molar-refractivity contribution in [3.8, 4) is 5.88 Å². The monoisotopic (exact) mass is 419 g/mol. The van der Waals surface area contributed by atoms with Crippen LogP contribution in [-0.4, -0.2) is 34.3 Å². The fraction of sp³-hybridized carbons (Fsp3) is 0.500. The lowest BCUT2D eigenvalue weighted by molar-refractivity contribution is -0.195. The van der Waals surface area contributed by atoms with E-state index in [-0.39, 0.29) is 28.6 Å². The minimum absolute atomic E-state index is 0.146. The van der Waals surface area contributed by atoms with Gasteiger partial charge in [0.2, 0.25) is 5.88 Å². The maximum atomic E-state index is 13.3. The fourth-order valence-corrected chi connectivity index (χ4v) is 3.09. The molecular weight excluding hydrogens is 403 g/mol. The smallest absolute Gasteiger partial charge is 0.425 e. The zero-order valence-electron chi connectivity index (χ0n) is 14.8. The molecule has 11 heteroatoms. The van der Waals surface area contributed by atoms with Gasteiger partial charge in [-0.1, -0.05) is 30.6 Å². The van der Waals surface area contributed by atoms with Crippen LogP contribution in [0.25, 0.3) is 21.2 Å². The lowest BCUT2D eigenvalue weighted by atomic mass is 9.93. The highest BCUT2D eigenvalue weighted by molar-refractivity contribution is 7.98. The summed E-state index contributed by atoms with van der Waals surface area (Å²) in [6, 6.07) is 1.49. The summed E-state index contributed by atoms with van der Waals surface area (Å²) in [6.45, 7) is 3.32. The molecule has 0 aromatic carbocycles. The third kappa shape index (κ3) is 5.09. The molecule has 0 bridgehead atoms. The molecule has 0 fully saturated rings. The molecule has 1 atom stereocenters. The van der Waals surface area contributed by atoms with Crippen molar-refractivity contribution in [1.29, 1.82) is 0 Å². The number of rotatable bonds is 7. The van der Waals surface area contributed by atoms with Gasteiger partial charge in [0.05, 0.1) is 10.9 Å². The molecule has 0 aliphatic rings. The van der Waals surface area contributed by atoms with E-state index in [1.54, 1.807) is 20.1 Å². The predicted molar refractivity (Wildman–Crippen MR) is 100 cm³/mol. The molecular formula is C16H17ClF3N5OS. The van der Waals surface area contributed by atoms with E-state index in [1.165, 1.54) is 30.2 Å². The summed E-state index contributed by atoms with van der Waals surface area (Å²) in [5.41, 5.74) is 8.29. The Labute approximate surface area is 163 Å². The van der Waals surface area contributed by atoms with Crippen LogP contribution < -0.4 is 4.74 Å². The van der Waals surface area contributed by atoms with E-state index in [4.69, 9.17) is 21.9 Å². The summed E-state index contributed by atoms with van der Waals surface area (Å²) in [5, 5.41) is 4.60. The largest absolute Gasteiger partial charge is 0.464 e. The third-order valence-corrected chi connectivity index (χ3v) is 4.71. The molecule has 0 saturated heterocycles. The van der Waals surface area contributed by atoms with E-state index in [2.05, 4.69) is 20.0 Å². The Balaban J connectivity index is 2.58. The number of thioether (sulfide) groups is 1. The van der Waals surface area contributed by atoms with Crippen molar-refractivity contribution >= 4 is 34.1 Å². The summed E-state index contributed by atoms with van der Waals surface area (Å²) >= 11 is 7.26. The maximum absolute atomic E-state index is 13.3. The number of alkyl halides is 3. The molecule has 6 nitrogen and oxygen atoms in total. The molecule has 0 spiro atoms. The average Bonchev–Trinajstić information content (AvgIpc) is 2.56. The van der Waals surface area contributed by atoms with Gasteiger partial charge >= 0.3 is 6.18 Å². The number of halogens is 4. The maximum Gasteiger partial charge on any atom is 0.425 e. The van der Waals surface area contributed by atoms with Crippen LogP contribution in [0.2, 0.25) is 5.15 Å². The van der Waals surface area contributed by atoms with Crippen LogP contribution >= 0.6 is 23.4 Å². The second kappa shape index (κ2) is 8.41. The molecule has 0 aliphatic carbocycles. The van der Waals surface area contributed by atoms with Crippen molar-refractivity contribution in [3.05, 3.63) is 39.6 Å². The van der Waals surface area contributed by atoms with Gasteiger partial charge in [-0.05, 0) is 34.6 Å². The van der Waals surface area contributed by atoms with E-state index in [1.807, 2.05) is 0 Å². The molecule has 2 heterocycles. The molecule has 0 aliphatic heterocycles. The first-order valence-corrected chi connectivity index (χ1v) is 9.60. The van der Waals surface area contributed by atoms with Crippen LogP contribution in [0, 0.1) is 0 Å². The Morgan fingerprint density at radius 1 is 1.30 bits per heavy atom. The highest BCUT2D eigenvalue weighted by atomic mass is 35.5. The van der Waals surface area contributed by atoms with Gasteiger partial charge in [-0.25, -0.2) is 9.97 Å². The fourth-order valence-electron chi connectivity index (χ4n) is 2.48. The van der Waals surface area contributed by atoms with Crippen LogP contribution in [0.3, 0.4) is 0 Å². The molecule has 0 radical (unpaired) electrons. The third-order valence-electron chi connectivity index (χ3n) is 3.86. The van der Waals surface area contributed by atoms with Crippen molar-refractivity contribution in [3.63, 3.8) is 0 Å². The van der Waals surface area contributed by atoms with Gasteiger partial charge in [-0.2, -0.15) is 24.9 Å². The summed E-state index contributed by atoms with van der Waals surface area (Å²) in [5.74, 6) is 0.0897. The van der Waals surface area contributed by atoms with Gasteiger partial charge in [-0.15, -0.1) is 0 Å². The van der Waals surface area contributed by atoms with Crippen LogP contribution in [0.1, 0.15) is 25.8 Å². The Bertz CT molecular complexity index is 871. The zero-order chi connectivity index (χ0) is 20.2. The first-order valence-electron chi connectivity index (χ1n) is 7.83. The molecule has 27 heavy (non-hydrogen) atoms. The zero-order valence-corrected chi connectivity index (χ0v) is 16.4. The number of fused-ring (bicyclic) bond motifs is 1. The van der Waals surface area contributed by atoms with Gasteiger partial charge in [0, 0.05) is 23.7 Å². The van der Waals surface area contributed by atoms with Crippen LogP contribution in [-0.2, 0) is 5.54 Å². The van der Waals surface area contributed by atoms with Gasteiger partial charge in [0.15, 0.2) is 6.10 Å². The quantitative estimate of drug-likeness (QED) is 0.242. The van der Waals surface area contributed by atoms with Crippen LogP contribution in [0.15, 0.2) is 23.6 Å². The van der Waals surface area contributed by atoms with Crippen LogP contribution in [0.5, 0.6) is 5.88 Å². The second-order valence-corrected chi connectivity index (χ2v) is 7.58. The van der Waals surface area contributed by atoms with Crippen molar-refractivity contribution in [2.24, 2.45) is 5.11 Å². The van der Waals surface area contributed by atoms with Gasteiger partial charge in [-0.3, -0.25) is 0 Å². The average molecular weight is 420 g/mol. The molecule has 146 valence electrons. The first kappa shape index (κ1) is 21.4. The summed E-state index contributed by atoms with van der Waals surface area (Å²) in [7, 11) is 0. The molecule has 2 aromatic heterocycles. The van der Waals surface area contributed by atoms with E-state index in [0.29, 0.717) is 10.9 Å². The van der Waals surface area contributed by atoms with E-state index < -0.39 is 17.8 Å². The normalized spacial score (nSPS) is 13.3. The lowest BCUT2D eigenvalue weighted by Crippen LogP contribution is -2.35. The SMILES string of the molecule is CSCCC(Oc1ncc(C(C)(C)N=[N+]=[N-])c2cc(Cl)ncc12)C(F)(F)F. The van der Waals surface area contributed by atoms with Gasteiger partial charge < -0.3 is 4.74 Å². The summed E-state index contributed by atoms with van der Waals surface area (Å²) in [6.07, 6.45) is -2.37. The molecule has 0 N–H and O–H groups in total. The van der Waals surface area contributed by atoms with Gasteiger partial charge in [0.25, 0.3) is 0 Å². The highest BCUT2D eigenvalue weighted by Gasteiger charge is 2.42. The number of nitrogens with zero attached hydrogens (tertiary/aromatic N) is 5. The molecule has 0 saturated carbocycles. The number of pyridine rings is 2. The second-order valence-electron chi connectivity index (χ2n) is 6.21. The topological polar surface area (TPSA) is 83.8 Å². The minimum atomic E-state index is -4.54. The van der Waals surface area contributed by atoms with E-state index in [9.17, 15) is 13.2 Å². The number of hydrogen-bond donors (Lipinski definition) is 0. The summed E-state index contributed by atoms with van der Waals surface area (Å²) < 4.78 is 45.2. The van der Waals surface area contributed by atoms with Crippen molar-refractivity contribution in [2.75, 3.05) is 12.0 Å². The Hall–Kier alpha value is -1.90. The standard InChI is InChI=1S/C16H17ClF3N5OS/c1-15(2,24-25-21)11-8-23-14(10-7-22-13(17)6-9(10)11)26-12(4-5-27-3)16(18,19)20/h6-8,12H,4-5H2,1-3H3. The lowest BCUT2D eigenvalue weighted by Gasteiger charge is -2.24. The molecule has 1 unspecified atom stereocenters. The number of aromatic nitrogens is 2. The van der Waals surface area contributed by atoms with E-state index >= 15 is 0 Å². The minimum Gasteiger partial charge on any atom is -0.464 e. The van der Waals surface area contributed by atoms with E-state index in [0.717, 1.165) is 0 Å². The number of azide groups is 1. The van der Waals surface area contributed by atoms with Crippen molar-refractivity contribution in [1.82, 2.24) is 9.97 Å². The molecule has 2 aromatic rings. The Kier molecular flexibility index (Phi) is 6.67. The highest BCUT2D eigenvalue weighted by Crippen LogP contribution is 2.37. The number of hydrogen-bond acceptors (Lipinski definition) is 5. The van der Waals surface area contributed by atoms with Crippen LogP contribution in [0.4, 0.5) is 13.2 Å². The van der Waals surface area contributed by atoms with Crippen molar-refractivity contribution in [2.45, 2.75) is 38.1 Å². The molecule has 2 rings (SSSR count). The van der Waals surface area contributed by atoms with Crippen molar-refractivity contribution < 1.29 is 17.9 Å². The predicted octanol–water partition coefficient (Wildman–Crippen LogP) is 5.89. The van der Waals surface area contributed by atoms with Gasteiger partial charge in [0.1, 0.15) is 5.15 Å². The summed E-state index contributed by atoms with van der Waals surface area (Å²) in [4.78, 5) is 10.8. The first-order chi connectivity index (χ1) is 12.6.